The molecular formula is C12H12F2N2O5. The molecule has 1 rings (SSSR count). The molecule has 2 amide bonds. The second kappa shape index (κ2) is 7.17. The van der Waals surface area contributed by atoms with E-state index in [9.17, 15) is 23.2 Å². The van der Waals surface area contributed by atoms with Crippen molar-refractivity contribution in [3.8, 4) is 5.75 Å². The first kappa shape index (κ1) is 16.3. The number of nitrogens with two attached hydrogens (primary N) is 1. The standard InChI is InChI=1S/C12H12F2N2O5/c13-12(14)21-7-3-1-2-6(4-7)10(18)16-8(11(19)20)5-9(15)17/h1-4,8,12H,5H2,(H2,15,17)(H,16,18)(H,19,20). The number of carboxylic acid groups (broad SMARTS) is 1. The average Bonchev–Trinajstić information content (AvgIpc) is 2.36. The minimum absolute atomic E-state index is 0.0936. The highest BCUT2D eigenvalue weighted by molar-refractivity contribution is 5.97. The predicted octanol–water partition coefficient (Wildman–Crippen LogP) is 0.346. The van der Waals surface area contributed by atoms with Crippen LogP contribution in [-0.2, 0) is 9.59 Å². The van der Waals surface area contributed by atoms with E-state index in [0.717, 1.165) is 6.07 Å². The number of aliphatic carboxylic acids is 1. The Labute approximate surface area is 117 Å². The monoisotopic (exact) mass is 302 g/mol. The number of hydrogen-bond donors (Lipinski definition) is 3. The number of ether oxygens (including phenoxy) is 1. The number of amides is 2. The van der Waals surface area contributed by atoms with Gasteiger partial charge in [-0.25, -0.2) is 4.79 Å². The molecule has 21 heavy (non-hydrogen) atoms. The maximum Gasteiger partial charge on any atom is 0.387 e. The highest BCUT2D eigenvalue weighted by Gasteiger charge is 2.23. The second-order valence-corrected chi connectivity index (χ2v) is 3.94. The second-order valence-electron chi connectivity index (χ2n) is 3.94. The lowest BCUT2D eigenvalue weighted by atomic mass is 10.1. The molecule has 0 aromatic heterocycles. The van der Waals surface area contributed by atoms with Crippen molar-refractivity contribution in [3.63, 3.8) is 0 Å². The van der Waals surface area contributed by atoms with Crippen molar-refractivity contribution < 1.29 is 33.0 Å². The van der Waals surface area contributed by atoms with Crippen LogP contribution < -0.4 is 15.8 Å². The van der Waals surface area contributed by atoms with Gasteiger partial charge in [0.05, 0.1) is 6.42 Å². The summed E-state index contributed by atoms with van der Waals surface area (Å²) in [6, 6.07) is 3.29. The molecule has 1 atom stereocenters. The molecule has 1 unspecified atom stereocenters. The molecule has 0 aliphatic heterocycles. The zero-order chi connectivity index (χ0) is 16.0. The van der Waals surface area contributed by atoms with Crippen molar-refractivity contribution in [1.82, 2.24) is 5.32 Å². The largest absolute Gasteiger partial charge is 0.480 e. The van der Waals surface area contributed by atoms with Crippen LogP contribution in [-0.4, -0.2) is 35.5 Å². The summed E-state index contributed by atoms with van der Waals surface area (Å²) >= 11 is 0. The first-order valence-electron chi connectivity index (χ1n) is 5.66. The van der Waals surface area contributed by atoms with Gasteiger partial charge in [-0.2, -0.15) is 8.78 Å². The summed E-state index contributed by atoms with van der Waals surface area (Å²) in [5.74, 6) is -3.46. The Kier molecular flexibility index (Phi) is 5.58. The van der Waals surface area contributed by atoms with Crippen molar-refractivity contribution in [2.45, 2.75) is 19.1 Å². The van der Waals surface area contributed by atoms with Crippen molar-refractivity contribution in [2.24, 2.45) is 5.73 Å². The molecule has 1 aromatic rings. The van der Waals surface area contributed by atoms with Crippen molar-refractivity contribution in [1.29, 1.82) is 0 Å². The van der Waals surface area contributed by atoms with Crippen LogP contribution in [0.5, 0.6) is 5.75 Å². The molecule has 0 fully saturated rings. The molecule has 114 valence electrons. The molecule has 4 N–H and O–H groups in total. The lowest BCUT2D eigenvalue weighted by Crippen LogP contribution is -2.43. The van der Waals surface area contributed by atoms with Crippen LogP contribution in [0.15, 0.2) is 24.3 Å². The SMILES string of the molecule is NC(=O)CC(NC(=O)c1cccc(OC(F)F)c1)C(=O)O. The predicted molar refractivity (Wildman–Crippen MR) is 65.8 cm³/mol. The van der Waals surface area contributed by atoms with Crippen LogP contribution in [0.2, 0.25) is 0 Å². The van der Waals surface area contributed by atoms with E-state index in [-0.39, 0.29) is 11.3 Å². The molecule has 0 radical (unpaired) electrons. The van der Waals surface area contributed by atoms with Gasteiger partial charge < -0.3 is 20.9 Å². The maximum absolute atomic E-state index is 12.1. The van der Waals surface area contributed by atoms with Crippen molar-refractivity contribution in [3.05, 3.63) is 29.8 Å². The fraction of sp³-hybridized carbons (Fsp3) is 0.250. The molecule has 0 aliphatic carbocycles. The number of halogens is 2. The number of carbonyl (C=O) groups is 3. The Morgan fingerprint density at radius 1 is 1.33 bits per heavy atom. The molecule has 1 aromatic carbocycles. The molecule has 0 heterocycles. The van der Waals surface area contributed by atoms with Crippen LogP contribution in [0.3, 0.4) is 0 Å². The summed E-state index contributed by atoms with van der Waals surface area (Å²) in [4.78, 5) is 33.4. The Balaban J connectivity index is 2.82. The van der Waals surface area contributed by atoms with E-state index in [2.05, 4.69) is 10.1 Å². The molecule has 9 heteroatoms. The molecule has 0 saturated carbocycles. The lowest BCUT2D eigenvalue weighted by molar-refractivity contribution is -0.140. The topological polar surface area (TPSA) is 119 Å². The van der Waals surface area contributed by atoms with Gasteiger partial charge in [-0.3, -0.25) is 9.59 Å². The number of benzene rings is 1. The molecule has 0 bridgehead atoms. The fourth-order valence-corrected chi connectivity index (χ4v) is 1.46. The minimum atomic E-state index is -3.05. The number of alkyl halides is 2. The molecule has 0 saturated heterocycles. The van der Waals surface area contributed by atoms with Crippen LogP contribution in [0.4, 0.5) is 8.78 Å². The third-order valence-electron chi connectivity index (χ3n) is 2.33. The molecule has 0 spiro atoms. The average molecular weight is 302 g/mol. The van der Waals surface area contributed by atoms with E-state index in [4.69, 9.17) is 10.8 Å². The Morgan fingerprint density at radius 3 is 2.52 bits per heavy atom. The van der Waals surface area contributed by atoms with E-state index in [0.29, 0.717) is 0 Å². The van der Waals surface area contributed by atoms with Gasteiger partial charge in [0.2, 0.25) is 5.91 Å². The summed E-state index contributed by atoms with van der Waals surface area (Å²) in [7, 11) is 0. The van der Waals surface area contributed by atoms with Gasteiger partial charge in [-0.1, -0.05) is 6.07 Å². The summed E-state index contributed by atoms with van der Waals surface area (Å²) in [6.07, 6.45) is -0.589. The van der Waals surface area contributed by atoms with Gasteiger partial charge in [0.15, 0.2) is 0 Å². The number of carboxylic acids is 1. The molecule has 0 aliphatic rings. The summed E-state index contributed by atoms with van der Waals surface area (Å²) < 4.78 is 28.2. The third kappa shape index (κ3) is 5.43. The van der Waals surface area contributed by atoms with E-state index < -0.39 is 36.9 Å². The zero-order valence-electron chi connectivity index (χ0n) is 10.6. The highest BCUT2D eigenvalue weighted by Crippen LogP contribution is 2.16. The number of nitrogens with one attached hydrogen (secondary N) is 1. The van der Waals surface area contributed by atoms with E-state index >= 15 is 0 Å². The smallest absolute Gasteiger partial charge is 0.387 e. The molecular weight excluding hydrogens is 290 g/mol. The van der Waals surface area contributed by atoms with Gasteiger partial charge in [-0.05, 0) is 18.2 Å². The number of rotatable bonds is 7. The summed E-state index contributed by atoms with van der Waals surface area (Å²) in [6.45, 7) is -3.05. The first-order chi connectivity index (χ1) is 9.79. The van der Waals surface area contributed by atoms with Crippen LogP contribution in [0.25, 0.3) is 0 Å². The Hall–Kier alpha value is -2.71. The zero-order valence-corrected chi connectivity index (χ0v) is 10.6. The lowest BCUT2D eigenvalue weighted by Gasteiger charge is -2.13. The number of carbonyl (C=O) groups excluding carboxylic acids is 2. The Bertz CT molecular complexity index is 550. The van der Waals surface area contributed by atoms with E-state index in [1.54, 1.807) is 0 Å². The van der Waals surface area contributed by atoms with Crippen molar-refractivity contribution >= 4 is 17.8 Å². The van der Waals surface area contributed by atoms with E-state index in [1.165, 1.54) is 18.2 Å². The molecule has 7 nitrogen and oxygen atoms in total. The van der Waals surface area contributed by atoms with Crippen LogP contribution in [0.1, 0.15) is 16.8 Å². The quantitative estimate of drug-likeness (QED) is 0.671. The van der Waals surface area contributed by atoms with Gasteiger partial charge in [0.1, 0.15) is 11.8 Å². The summed E-state index contributed by atoms with van der Waals surface area (Å²) in [5, 5.41) is 10.9. The van der Waals surface area contributed by atoms with Crippen LogP contribution in [0, 0.1) is 0 Å². The number of hydrogen-bond acceptors (Lipinski definition) is 4. The third-order valence-corrected chi connectivity index (χ3v) is 2.33. The fourth-order valence-electron chi connectivity index (χ4n) is 1.46. The number of primary amides is 1. The van der Waals surface area contributed by atoms with Crippen molar-refractivity contribution in [2.75, 3.05) is 0 Å². The maximum atomic E-state index is 12.1. The van der Waals surface area contributed by atoms with Gasteiger partial charge >= 0.3 is 12.6 Å². The van der Waals surface area contributed by atoms with Gasteiger partial charge in [-0.15, -0.1) is 0 Å². The summed E-state index contributed by atoms with van der Waals surface area (Å²) in [5.41, 5.74) is 4.77. The van der Waals surface area contributed by atoms with Gasteiger partial charge in [0.25, 0.3) is 5.91 Å². The Morgan fingerprint density at radius 2 is 2.00 bits per heavy atom. The minimum Gasteiger partial charge on any atom is -0.480 e. The first-order valence-corrected chi connectivity index (χ1v) is 5.66. The normalized spacial score (nSPS) is 11.8. The van der Waals surface area contributed by atoms with Crippen LogP contribution >= 0.6 is 0 Å². The highest BCUT2D eigenvalue weighted by atomic mass is 19.3. The van der Waals surface area contributed by atoms with E-state index in [1.807, 2.05) is 0 Å². The van der Waals surface area contributed by atoms with Gasteiger partial charge in [0, 0.05) is 5.56 Å².